The summed E-state index contributed by atoms with van der Waals surface area (Å²) < 4.78 is 0. The molecule has 1 aliphatic rings. The van der Waals surface area contributed by atoms with Crippen LogP contribution >= 0.6 is 0 Å². The monoisotopic (exact) mass is 495 g/mol. The molecule has 0 amide bonds. The van der Waals surface area contributed by atoms with Crippen LogP contribution < -0.4 is 20.4 Å². The van der Waals surface area contributed by atoms with Crippen LogP contribution in [0.5, 0.6) is 0 Å². The summed E-state index contributed by atoms with van der Waals surface area (Å²) in [6.45, 7) is 6.11. The Kier molecular flexibility index (Phi) is 8.46. The van der Waals surface area contributed by atoms with Crippen LogP contribution in [0, 0.1) is 0 Å². The van der Waals surface area contributed by atoms with E-state index in [1.54, 1.807) is 6.20 Å². The number of aromatic nitrogens is 3. The van der Waals surface area contributed by atoms with Gasteiger partial charge in [-0.2, -0.15) is 0 Å². The van der Waals surface area contributed by atoms with Crippen molar-refractivity contribution in [1.29, 1.82) is 0 Å². The molecule has 0 saturated heterocycles. The van der Waals surface area contributed by atoms with Gasteiger partial charge >= 0.3 is 0 Å². The number of imidazole rings is 1. The highest BCUT2D eigenvalue weighted by Crippen LogP contribution is 2.36. The predicted octanol–water partition coefficient (Wildman–Crippen LogP) is 4.27. The molecule has 1 aliphatic heterocycles. The zero-order valence-electron chi connectivity index (χ0n) is 21.7. The lowest BCUT2D eigenvalue weighted by atomic mass is 10.00. The number of anilines is 2. The van der Waals surface area contributed by atoms with Crippen molar-refractivity contribution in [1.82, 2.24) is 25.6 Å². The fraction of sp³-hybridized carbons (Fsp3) is 0.333. The first-order valence-corrected chi connectivity index (χ1v) is 13.2. The van der Waals surface area contributed by atoms with Crippen molar-refractivity contribution in [3.63, 3.8) is 0 Å². The summed E-state index contributed by atoms with van der Waals surface area (Å²) in [4.78, 5) is 16.8. The molecule has 4 aromatic rings. The van der Waals surface area contributed by atoms with Crippen molar-refractivity contribution in [3.8, 4) is 0 Å². The molecule has 5 rings (SSSR count). The van der Waals surface area contributed by atoms with Gasteiger partial charge in [-0.1, -0.05) is 42.5 Å². The summed E-state index contributed by atoms with van der Waals surface area (Å²) in [5.41, 5.74) is 7.81. The number of pyridine rings is 1. The Labute approximate surface area is 220 Å². The molecular weight excluding hydrogens is 458 g/mol. The average molecular weight is 496 g/mol. The molecule has 7 heteroatoms. The first-order chi connectivity index (χ1) is 18.3. The highest BCUT2D eigenvalue weighted by atomic mass is 15.2. The maximum atomic E-state index is 4.38. The van der Waals surface area contributed by atoms with Crippen LogP contribution in [-0.2, 0) is 32.6 Å². The molecule has 2 aromatic heterocycles. The van der Waals surface area contributed by atoms with E-state index in [0.29, 0.717) is 0 Å². The number of aryl methyl sites for hydroxylation is 1. The van der Waals surface area contributed by atoms with Crippen LogP contribution in [0.25, 0.3) is 0 Å². The van der Waals surface area contributed by atoms with E-state index in [4.69, 9.17) is 0 Å². The number of benzene rings is 2. The molecule has 0 atom stereocenters. The number of H-pyrrole nitrogens is 1. The second-order valence-corrected chi connectivity index (χ2v) is 9.69. The van der Waals surface area contributed by atoms with Gasteiger partial charge in [0.25, 0.3) is 0 Å². The molecule has 7 nitrogen and oxygen atoms in total. The minimum atomic E-state index is 0.744. The number of hydrogen-bond donors (Lipinski definition) is 3. The minimum Gasteiger partial charge on any atom is -0.373 e. The van der Waals surface area contributed by atoms with Gasteiger partial charge in [0.05, 0.1) is 23.6 Å². The van der Waals surface area contributed by atoms with Gasteiger partial charge in [-0.05, 0) is 47.7 Å². The van der Waals surface area contributed by atoms with Gasteiger partial charge in [0, 0.05) is 64.9 Å². The highest BCUT2D eigenvalue weighted by Gasteiger charge is 2.21. The predicted molar refractivity (Wildman–Crippen MR) is 151 cm³/mol. The molecule has 3 N–H and O–H groups in total. The van der Waals surface area contributed by atoms with Crippen LogP contribution in [0.4, 0.5) is 11.4 Å². The minimum absolute atomic E-state index is 0.744. The molecule has 37 heavy (non-hydrogen) atoms. The largest absolute Gasteiger partial charge is 0.373 e. The first-order valence-electron chi connectivity index (χ1n) is 13.2. The fourth-order valence-electron chi connectivity index (χ4n) is 5.01. The number of hydrogen-bond acceptors (Lipinski definition) is 6. The second kappa shape index (κ2) is 12.5. The molecular formula is C30H37N7. The standard InChI is InChI=1S/C30H37N7/c1-36-18-5-7-26-6-4-9-28(30(26)36)37(19-17-31-22-29-34-15-16-35-29)23-25-12-10-24(11-13-25)20-32-21-27-8-2-3-14-33-27/h2-4,6,8-16,31-32H,5,7,17-23H2,1H3,(H,34,35). The normalized spacial score (nSPS) is 12.9. The van der Waals surface area contributed by atoms with Crippen LogP contribution in [-0.4, -0.2) is 41.6 Å². The molecule has 0 bridgehead atoms. The zero-order valence-corrected chi connectivity index (χ0v) is 21.7. The Morgan fingerprint density at radius 3 is 2.59 bits per heavy atom. The lowest BCUT2D eigenvalue weighted by Gasteiger charge is -2.35. The summed E-state index contributed by atoms with van der Waals surface area (Å²) in [6, 6.07) is 21.8. The summed E-state index contributed by atoms with van der Waals surface area (Å²) in [5.74, 6) is 0.968. The third-order valence-electron chi connectivity index (χ3n) is 6.92. The Hall–Kier alpha value is -3.68. The van der Waals surface area contributed by atoms with Gasteiger partial charge in [0.2, 0.25) is 0 Å². The van der Waals surface area contributed by atoms with Gasteiger partial charge in [0.1, 0.15) is 5.82 Å². The smallest absolute Gasteiger partial charge is 0.120 e. The zero-order chi connectivity index (χ0) is 25.3. The number of fused-ring (bicyclic) bond motifs is 1. The Morgan fingerprint density at radius 2 is 1.78 bits per heavy atom. The molecule has 0 unspecified atom stereocenters. The highest BCUT2D eigenvalue weighted by molar-refractivity contribution is 5.75. The second-order valence-electron chi connectivity index (χ2n) is 9.69. The van der Waals surface area contributed by atoms with Crippen molar-refractivity contribution < 1.29 is 0 Å². The van der Waals surface area contributed by atoms with E-state index in [9.17, 15) is 0 Å². The third kappa shape index (κ3) is 6.76. The van der Waals surface area contributed by atoms with E-state index in [-0.39, 0.29) is 0 Å². The SMILES string of the molecule is CN1CCCc2cccc(N(CCNCc3ncc[nH]3)Cc3ccc(CNCc4ccccn4)cc3)c21. The first kappa shape index (κ1) is 25.0. The van der Waals surface area contributed by atoms with E-state index in [1.807, 2.05) is 30.6 Å². The molecule has 0 fully saturated rings. The van der Waals surface area contributed by atoms with Crippen molar-refractivity contribution in [3.05, 3.63) is 107 Å². The van der Waals surface area contributed by atoms with E-state index < -0.39 is 0 Å². The Morgan fingerprint density at radius 1 is 0.892 bits per heavy atom. The van der Waals surface area contributed by atoms with E-state index in [1.165, 1.54) is 34.5 Å². The van der Waals surface area contributed by atoms with Crippen LogP contribution in [0.15, 0.2) is 79.3 Å². The van der Waals surface area contributed by atoms with Crippen LogP contribution in [0.2, 0.25) is 0 Å². The lowest BCUT2D eigenvalue weighted by molar-refractivity contribution is 0.640. The fourth-order valence-corrected chi connectivity index (χ4v) is 5.01. The number of aromatic amines is 1. The summed E-state index contributed by atoms with van der Waals surface area (Å²) in [6.07, 6.45) is 7.87. The summed E-state index contributed by atoms with van der Waals surface area (Å²) in [7, 11) is 2.22. The van der Waals surface area contributed by atoms with Crippen molar-refractivity contribution in [2.75, 3.05) is 36.5 Å². The molecule has 192 valence electrons. The summed E-state index contributed by atoms with van der Waals surface area (Å²) in [5, 5.41) is 7.04. The molecule has 3 heterocycles. The van der Waals surface area contributed by atoms with Gasteiger partial charge in [0.15, 0.2) is 0 Å². The molecule has 0 aliphatic carbocycles. The van der Waals surface area contributed by atoms with Crippen LogP contribution in [0.3, 0.4) is 0 Å². The number of para-hydroxylation sites is 1. The van der Waals surface area contributed by atoms with Gasteiger partial charge in [-0.3, -0.25) is 4.98 Å². The van der Waals surface area contributed by atoms with E-state index in [2.05, 4.69) is 84.9 Å². The summed E-state index contributed by atoms with van der Waals surface area (Å²) >= 11 is 0. The maximum absolute atomic E-state index is 4.38. The molecule has 0 spiro atoms. The third-order valence-corrected chi connectivity index (χ3v) is 6.92. The quantitative estimate of drug-likeness (QED) is 0.255. The van der Waals surface area contributed by atoms with Gasteiger partial charge < -0.3 is 25.4 Å². The van der Waals surface area contributed by atoms with E-state index in [0.717, 1.165) is 63.8 Å². The van der Waals surface area contributed by atoms with Crippen molar-refractivity contribution >= 4 is 11.4 Å². The average Bonchev–Trinajstić information content (AvgIpc) is 3.45. The van der Waals surface area contributed by atoms with Crippen LogP contribution in [0.1, 0.15) is 34.6 Å². The Balaban J connectivity index is 1.25. The molecule has 2 aromatic carbocycles. The maximum Gasteiger partial charge on any atom is 0.120 e. The van der Waals surface area contributed by atoms with Gasteiger partial charge in [-0.25, -0.2) is 4.98 Å². The number of nitrogens with one attached hydrogen (secondary N) is 3. The lowest BCUT2D eigenvalue weighted by Crippen LogP contribution is -2.34. The van der Waals surface area contributed by atoms with Crippen molar-refractivity contribution in [2.45, 2.75) is 39.0 Å². The number of nitrogens with zero attached hydrogens (tertiary/aromatic N) is 4. The van der Waals surface area contributed by atoms with E-state index >= 15 is 0 Å². The Bertz CT molecular complexity index is 1220. The molecule has 0 radical (unpaired) electrons. The topological polar surface area (TPSA) is 72.1 Å². The number of rotatable bonds is 12. The van der Waals surface area contributed by atoms with Crippen molar-refractivity contribution in [2.24, 2.45) is 0 Å². The molecule has 0 saturated carbocycles. The van der Waals surface area contributed by atoms with Gasteiger partial charge in [-0.15, -0.1) is 0 Å².